The number of hydrogen-bond donors (Lipinski definition) is 2. The number of aromatic nitrogens is 6. The summed E-state index contributed by atoms with van der Waals surface area (Å²) < 4.78 is 15.5. The summed E-state index contributed by atoms with van der Waals surface area (Å²) in [6, 6.07) is 4.84. The monoisotopic (exact) mass is 766 g/mol. The SMILES string of the molecule is CCCC(C(=O)NC=O)n1c(=O)n(C)c2c(C#CCN3CCC4(CC3)CN(C(=O)CCCn3c(-c5cnc(OC)nc5OC)nc5c3CNC5=O)C4)cccc21. The molecule has 4 amide bonds. The minimum atomic E-state index is -0.809. The van der Waals surface area contributed by atoms with Gasteiger partial charge in [0.05, 0.1) is 55.2 Å². The summed E-state index contributed by atoms with van der Waals surface area (Å²) in [5, 5.41) is 5.03. The Morgan fingerprint density at radius 2 is 1.91 bits per heavy atom. The van der Waals surface area contributed by atoms with E-state index >= 15 is 0 Å². The second kappa shape index (κ2) is 16.0. The van der Waals surface area contributed by atoms with Crippen molar-refractivity contribution in [3.05, 3.63) is 51.8 Å². The van der Waals surface area contributed by atoms with Gasteiger partial charge in [0.1, 0.15) is 11.9 Å². The zero-order valence-corrected chi connectivity index (χ0v) is 32.1. The normalized spacial score (nSPS) is 16.4. The molecule has 0 aliphatic carbocycles. The van der Waals surface area contributed by atoms with Crippen LogP contribution in [-0.2, 0) is 34.5 Å². The number of benzene rings is 1. The molecule has 3 aromatic heterocycles. The number of methoxy groups -OCH3 is 2. The van der Waals surface area contributed by atoms with Crippen LogP contribution in [0.1, 0.15) is 73.2 Å². The number of imide groups is 1. The van der Waals surface area contributed by atoms with E-state index < -0.39 is 11.9 Å². The van der Waals surface area contributed by atoms with E-state index in [-0.39, 0.29) is 34.8 Å². The molecule has 2 saturated heterocycles. The summed E-state index contributed by atoms with van der Waals surface area (Å²) in [5.41, 5.74) is 3.37. The molecule has 0 bridgehead atoms. The van der Waals surface area contributed by atoms with Gasteiger partial charge in [0.15, 0.2) is 5.69 Å². The van der Waals surface area contributed by atoms with Crippen LogP contribution in [0, 0.1) is 17.3 Å². The number of ether oxygens (including phenoxy) is 2. The second-order valence-corrected chi connectivity index (χ2v) is 14.6. The van der Waals surface area contributed by atoms with Crippen molar-refractivity contribution in [2.75, 3.05) is 46.9 Å². The van der Waals surface area contributed by atoms with Crippen molar-refractivity contribution in [1.82, 2.24) is 49.1 Å². The number of rotatable bonds is 13. The van der Waals surface area contributed by atoms with Gasteiger partial charge in [-0.25, -0.2) is 14.8 Å². The first-order chi connectivity index (χ1) is 27.1. The zero-order chi connectivity index (χ0) is 39.6. The lowest BCUT2D eigenvalue weighted by molar-refractivity contribution is -0.146. The molecule has 7 rings (SSSR count). The molecule has 3 aliphatic heterocycles. The van der Waals surface area contributed by atoms with E-state index in [1.165, 1.54) is 23.4 Å². The lowest BCUT2D eigenvalue weighted by Gasteiger charge is -2.54. The van der Waals surface area contributed by atoms with Gasteiger partial charge in [-0.2, -0.15) is 4.98 Å². The molecule has 294 valence electrons. The van der Waals surface area contributed by atoms with Gasteiger partial charge in [-0.15, -0.1) is 0 Å². The van der Waals surface area contributed by atoms with Crippen LogP contribution in [0.25, 0.3) is 22.4 Å². The Morgan fingerprint density at radius 1 is 1.12 bits per heavy atom. The number of para-hydroxylation sites is 1. The number of amides is 4. The van der Waals surface area contributed by atoms with E-state index in [0.29, 0.717) is 85.4 Å². The Balaban J connectivity index is 0.930. The van der Waals surface area contributed by atoms with Crippen LogP contribution < -0.4 is 25.8 Å². The van der Waals surface area contributed by atoms with Gasteiger partial charge in [-0.3, -0.25) is 38.5 Å². The third-order valence-electron chi connectivity index (χ3n) is 11.2. The van der Waals surface area contributed by atoms with E-state index in [4.69, 9.17) is 9.47 Å². The van der Waals surface area contributed by atoms with Crippen LogP contribution >= 0.6 is 0 Å². The molecular weight excluding hydrogens is 720 g/mol. The molecule has 1 unspecified atom stereocenters. The summed E-state index contributed by atoms with van der Waals surface area (Å²) in [7, 11) is 4.64. The standard InChI is InChI=1S/C39H46N10O7/c1-5-9-28(34(52)42-24-50)49-27-12-6-10-25(32(27)45(2)38(49)54)11-7-16-46-18-14-39(15-19-46)22-47(23-39)30(51)13-8-17-48-29-21-40-35(53)31(29)43-33(48)26-20-41-37(56-4)44-36(26)55-3/h6,10,12,20,24,28H,5,8-9,13-19,21-23H2,1-4H3,(H,40,53)(H,42,50,52). The zero-order valence-electron chi connectivity index (χ0n) is 32.1. The fraction of sp³-hybridized carbons (Fsp3) is 0.487. The van der Waals surface area contributed by atoms with Gasteiger partial charge in [-0.1, -0.05) is 31.3 Å². The summed E-state index contributed by atoms with van der Waals surface area (Å²) in [6.45, 7) is 6.56. The first-order valence-corrected chi connectivity index (χ1v) is 18.9. The maximum atomic E-state index is 13.3. The number of imidazole rings is 2. The molecular formula is C39H46N10O7. The van der Waals surface area contributed by atoms with Gasteiger partial charge < -0.3 is 24.3 Å². The molecule has 17 nitrogen and oxygen atoms in total. The van der Waals surface area contributed by atoms with Gasteiger partial charge in [-0.05, 0) is 50.9 Å². The number of fused-ring (bicyclic) bond motifs is 2. The molecule has 0 saturated carbocycles. The van der Waals surface area contributed by atoms with Crippen molar-refractivity contribution in [2.24, 2.45) is 12.5 Å². The number of aryl methyl sites for hydroxylation is 1. The Hall–Kier alpha value is -6.02. The van der Waals surface area contributed by atoms with Crippen molar-refractivity contribution in [1.29, 1.82) is 0 Å². The molecule has 0 radical (unpaired) electrons. The molecule has 1 spiro atoms. The number of hydrogen-bond acceptors (Lipinski definition) is 11. The highest BCUT2D eigenvalue weighted by molar-refractivity contribution is 5.97. The smallest absolute Gasteiger partial charge is 0.329 e. The Labute approximate surface area is 323 Å². The van der Waals surface area contributed by atoms with E-state index in [0.717, 1.165) is 44.7 Å². The number of nitrogens with one attached hydrogen (secondary N) is 2. The minimum absolute atomic E-state index is 0.115. The first-order valence-electron chi connectivity index (χ1n) is 18.9. The summed E-state index contributed by atoms with van der Waals surface area (Å²) in [5.74, 6) is 6.71. The van der Waals surface area contributed by atoms with Crippen molar-refractivity contribution in [3.8, 4) is 35.1 Å². The molecule has 3 aliphatic rings. The van der Waals surface area contributed by atoms with Crippen molar-refractivity contribution in [2.45, 2.75) is 64.6 Å². The lowest BCUT2D eigenvalue weighted by atomic mass is 9.72. The predicted octanol–water partition coefficient (Wildman–Crippen LogP) is 1.62. The summed E-state index contributed by atoms with van der Waals surface area (Å²) >= 11 is 0. The highest BCUT2D eigenvalue weighted by Gasteiger charge is 2.46. The number of nitrogens with zero attached hydrogens (tertiary/aromatic N) is 8. The number of carbonyl (C=O) groups excluding carboxylic acids is 4. The number of piperidine rings is 1. The Morgan fingerprint density at radius 3 is 2.62 bits per heavy atom. The number of carbonyl (C=O) groups is 4. The average Bonchev–Trinajstić information content (AvgIpc) is 3.82. The number of likely N-dealkylation sites (tertiary alicyclic amines) is 2. The third kappa shape index (κ3) is 7.12. The molecule has 17 heteroatoms. The van der Waals surface area contributed by atoms with Crippen LogP contribution in [0.15, 0.2) is 29.2 Å². The van der Waals surface area contributed by atoms with Gasteiger partial charge in [0.2, 0.25) is 24.1 Å². The molecule has 4 aromatic rings. The largest absolute Gasteiger partial charge is 0.480 e. The van der Waals surface area contributed by atoms with Crippen LogP contribution in [-0.4, -0.2) is 110 Å². The van der Waals surface area contributed by atoms with Gasteiger partial charge in [0, 0.05) is 44.7 Å². The van der Waals surface area contributed by atoms with Gasteiger partial charge in [0.25, 0.3) is 5.91 Å². The van der Waals surface area contributed by atoms with Crippen molar-refractivity contribution < 1.29 is 28.7 Å². The predicted molar refractivity (Wildman–Crippen MR) is 204 cm³/mol. The Kier molecular flexibility index (Phi) is 10.9. The molecule has 2 N–H and O–H groups in total. The lowest BCUT2D eigenvalue weighted by Crippen LogP contribution is -2.61. The Bertz CT molecular complexity index is 2300. The fourth-order valence-corrected chi connectivity index (χ4v) is 8.18. The molecule has 1 aromatic carbocycles. The van der Waals surface area contributed by atoms with Crippen LogP contribution in [0.3, 0.4) is 0 Å². The highest BCUT2D eigenvalue weighted by atomic mass is 16.5. The van der Waals surface area contributed by atoms with E-state index in [1.807, 2.05) is 28.5 Å². The van der Waals surface area contributed by atoms with Crippen molar-refractivity contribution >= 4 is 35.2 Å². The topological polar surface area (TPSA) is 188 Å². The van der Waals surface area contributed by atoms with E-state index in [2.05, 4.69) is 42.3 Å². The quantitative estimate of drug-likeness (QED) is 0.149. The summed E-state index contributed by atoms with van der Waals surface area (Å²) in [4.78, 5) is 80.2. The molecule has 56 heavy (non-hydrogen) atoms. The first kappa shape index (κ1) is 38.3. The highest BCUT2D eigenvalue weighted by Crippen LogP contribution is 2.41. The third-order valence-corrected chi connectivity index (χ3v) is 11.2. The maximum absolute atomic E-state index is 13.3. The van der Waals surface area contributed by atoms with Crippen molar-refractivity contribution in [3.63, 3.8) is 0 Å². The minimum Gasteiger partial charge on any atom is -0.480 e. The van der Waals surface area contributed by atoms with Crippen LogP contribution in [0.2, 0.25) is 0 Å². The van der Waals surface area contributed by atoms with Crippen LogP contribution in [0.4, 0.5) is 0 Å². The molecule has 6 heterocycles. The molecule has 2 fully saturated rings. The van der Waals surface area contributed by atoms with E-state index in [9.17, 15) is 24.0 Å². The van der Waals surface area contributed by atoms with E-state index in [1.54, 1.807) is 19.3 Å². The summed E-state index contributed by atoms with van der Waals surface area (Å²) in [6.07, 6.45) is 5.87. The average molecular weight is 767 g/mol. The maximum Gasteiger partial charge on any atom is 0.329 e. The van der Waals surface area contributed by atoms with Gasteiger partial charge >= 0.3 is 11.7 Å². The van der Waals surface area contributed by atoms with Crippen LogP contribution in [0.5, 0.6) is 11.9 Å². The molecule has 1 atom stereocenters. The fourth-order valence-electron chi connectivity index (χ4n) is 8.18. The second-order valence-electron chi connectivity index (χ2n) is 14.6.